The van der Waals surface area contributed by atoms with Crippen molar-refractivity contribution < 1.29 is 17.6 Å². The lowest BCUT2D eigenvalue weighted by Gasteiger charge is -2.08. The van der Waals surface area contributed by atoms with E-state index in [1.165, 1.54) is 45.9 Å². The molecule has 0 aliphatic carbocycles. The van der Waals surface area contributed by atoms with Gasteiger partial charge in [-0.25, -0.2) is 12.8 Å². The first-order valence-electron chi connectivity index (χ1n) is 9.00. The van der Waals surface area contributed by atoms with E-state index < -0.39 is 21.7 Å². The third-order valence-electron chi connectivity index (χ3n) is 4.62. The van der Waals surface area contributed by atoms with Crippen LogP contribution >= 0.6 is 23.2 Å². The van der Waals surface area contributed by atoms with E-state index in [0.717, 1.165) is 6.07 Å². The molecule has 32 heavy (non-hydrogen) atoms. The topological polar surface area (TPSA) is 111 Å². The monoisotopic (exact) mass is 496 g/mol. The minimum atomic E-state index is -3.98. The van der Waals surface area contributed by atoms with Crippen molar-refractivity contribution in [2.75, 3.05) is 10.0 Å². The van der Waals surface area contributed by atoms with Gasteiger partial charge in [-0.05, 0) is 36.4 Å². The van der Waals surface area contributed by atoms with Gasteiger partial charge in [0.25, 0.3) is 15.9 Å². The summed E-state index contributed by atoms with van der Waals surface area (Å²) < 4.78 is 43.9. The van der Waals surface area contributed by atoms with Crippen LogP contribution in [0.2, 0.25) is 10.2 Å². The number of carbonyl (C=O) groups excluding carboxylic acids is 1. The number of amides is 1. The van der Waals surface area contributed by atoms with Gasteiger partial charge < -0.3 is 5.32 Å². The van der Waals surface area contributed by atoms with Gasteiger partial charge in [-0.3, -0.25) is 18.9 Å². The third kappa shape index (κ3) is 4.01. The number of aromatic nitrogens is 4. The summed E-state index contributed by atoms with van der Waals surface area (Å²) in [7, 11) is -0.857. The molecule has 0 atom stereocenters. The van der Waals surface area contributed by atoms with E-state index in [-0.39, 0.29) is 32.0 Å². The molecule has 0 saturated heterocycles. The van der Waals surface area contributed by atoms with Gasteiger partial charge in [-0.1, -0.05) is 23.2 Å². The molecule has 0 radical (unpaired) electrons. The van der Waals surface area contributed by atoms with Crippen molar-refractivity contribution in [3.05, 3.63) is 64.3 Å². The Hall–Kier alpha value is -3.15. The van der Waals surface area contributed by atoms with E-state index in [1.54, 1.807) is 14.1 Å². The molecule has 2 aromatic carbocycles. The number of halogens is 3. The lowest BCUT2D eigenvalue weighted by Crippen LogP contribution is -2.16. The van der Waals surface area contributed by atoms with Crippen molar-refractivity contribution in [3.8, 4) is 0 Å². The quantitative estimate of drug-likeness (QED) is 0.436. The molecule has 1 amide bonds. The van der Waals surface area contributed by atoms with Crippen molar-refractivity contribution in [1.82, 2.24) is 19.6 Å². The molecule has 13 heteroatoms. The van der Waals surface area contributed by atoms with Crippen LogP contribution in [0, 0.1) is 5.82 Å². The van der Waals surface area contributed by atoms with Crippen molar-refractivity contribution >= 4 is 61.4 Å². The van der Waals surface area contributed by atoms with Crippen molar-refractivity contribution in [1.29, 1.82) is 0 Å². The van der Waals surface area contributed by atoms with Gasteiger partial charge in [0.1, 0.15) is 17.2 Å². The minimum absolute atomic E-state index is 0.0692. The van der Waals surface area contributed by atoms with E-state index in [0.29, 0.717) is 11.1 Å². The predicted octanol–water partition coefficient (Wildman–Crippen LogP) is 3.81. The Morgan fingerprint density at radius 2 is 1.84 bits per heavy atom. The Morgan fingerprint density at radius 3 is 2.50 bits per heavy atom. The molecule has 0 unspecified atom stereocenters. The van der Waals surface area contributed by atoms with Gasteiger partial charge in [0.05, 0.1) is 21.6 Å². The summed E-state index contributed by atoms with van der Waals surface area (Å²) >= 11 is 11.8. The molecule has 2 N–H and O–H groups in total. The van der Waals surface area contributed by atoms with Crippen LogP contribution in [0.1, 0.15) is 10.5 Å². The van der Waals surface area contributed by atoms with E-state index in [2.05, 4.69) is 20.2 Å². The molecule has 2 aromatic heterocycles. The maximum Gasteiger partial charge on any atom is 0.274 e. The zero-order chi connectivity index (χ0) is 23.2. The molecule has 0 spiro atoms. The standard InChI is InChI=1S/C19H15Cl2FN6O3S/c1-27-17(19(29)24-10-3-6-14(22)13(20)7-10)12-5-4-11(8-15(12)25-27)32(30,31)26-16-9-23-28(2)18(16)21/h3-9,26H,1-2H3,(H,24,29). The van der Waals surface area contributed by atoms with Crippen molar-refractivity contribution in [2.24, 2.45) is 14.1 Å². The van der Waals surface area contributed by atoms with E-state index in [9.17, 15) is 17.6 Å². The lowest BCUT2D eigenvalue weighted by atomic mass is 10.2. The number of hydrogen-bond donors (Lipinski definition) is 2. The Morgan fingerprint density at radius 1 is 1.09 bits per heavy atom. The fourth-order valence-electron chi connectivity index (χ4n) is 3.08. The zero-order valence-electron chi connectivity index (χ0n) is 16.6. The highest BCUT2D eigenvalue weighted by Crippen LogP contribution is 2.27. The Kier molecular flexibility index (Phi) is 5.57. The van der Waals surface area contributed by atoms with E-state index in [4.69, 9.17) is 23.2 Å². The number of carbonyl (C=O) groups is 1. The summed E-state index contributed by atoms with van der Waals surface area (Å²) in [6.07, 6.45) is 1.29. The lowest BCUT2D eigenvalue weighted by molar-refractivity contribution is 0.101. The van der Waals surface area contributed by atoms with Gasteiger partial charge in [0.15, 0.2) is 5.15 Å². The zero-order valence-corrected chi connectivity index (χ0v) is 18.9. The van der Waals surface area contributed by atoms with Crippen LogP contribution < -0.4 is 10.0 Å². The second-order valence-electron chi connectivity index (χ2n) is 6.81. The number of fused-ring (bicyclic) bond motifs is 1. The molecule has 0 aliphatic rings. The highest BCUT2D eigenvalue weighted by atomic mass is 35.5. The molecule has 2 heterocycles. The summed E-state index contributed by atoms with van der Waals surface area (Å²) in [6, 6.07) is 7.97. The van der Waals surface area contributed by atoms with Gasteiger partial charge in [0.2, 0.25) is 0 Å². The fourth-order valence-corrected chi connectivity index (χ4v) is 4.52. The highest BCUT2D eigenvalue weighted by Gasteiger charge is 2.22. The van der Waals surface area contributed by atoms with Crippen LogP contribution in [0.4, 0.5) is 15.8 Å². The summed E-state index contributed by atoms with van der Waals surface area (Å²) in [4.78, 5) is 12.7. The number of rotatable bonds is 5. The van der Waals surface area contributed by atoms with Crippen molar-refractivity contribution in [2.45, 2.75) is 4.90 Å². The molecule has 4 aromatic rings. The molecular formula is C19H15Cl2FN6O3S. The van der Waals surface area contributed by atoms with Crippen LogP contribution in [-0.4, -0.2) is 33.9 Å². The first-order chi connectivity index (χ1) is 15.1. The van der Waals surface area contributed by atoms with Gasteiger partial charge in [0, 0.05) is 25.2 Å². The molecule has 0 saturated carbocycles. The van der Waals surface area contributed by atoms with Crippen LogP contribution in [0.3, 0.4) is 0 Å². The SMILES string of the molecule is Cn1ncc(NS(=O)(=O)c2ccc3c(C(=O)Nc4ccc(F)c(Cl)c4)n(C)nc3c2)c1Cl. The predicted molar refractivity (Wildman–Crippen MR) is 119 cm³/mol. The van der Waals surface area contributed by atoms with Gasteiger partial charge in [-0.15, -0.1) is 0 Å². The average molecular weight is 497 g/mol. The molecule has 0 bridgehead atoms. The normalized spacial score (nSPS) is 11.7. The molecule has 0 fully saturated rings. The Bertz CT molecular complexity index is 1480. The molecule has 9 nitrogen and oxygen atoms in total. The number of sulfonamides is 1. The molecule has 166 valence electrons. The second kappa shape index (κ2) is 8.08. The van der Waals surface area contributed by atoms with Crippen LogP contribution in [0.25, 0.3) is 10.9 Å². The maximum absolute atomic E-state index is 13.4. The summed E-state index contributed by atoms with van der Waals surface area (Å²) in [5.41, 5.74) is 0.906. The van der Waals surface area contributed by atoms with Gasteiger partial charge in [-0.2, -0.15) is 10.2 Å². The van der Waals surface area contributed by atoms with Gasteiger partial charge >= 0.3 is 0 Å². The Labute approximate surface area is 191 Å². The summed E-state index contributed by atoms with van der Waals surface area (Å²) in [6.45, 7) is 0. The van der Waals surface area contributed by atoms with Crippen molar-refractivity contribution in [3.63, 3.8) is 0 Å². The number of aryl methyl sites for hydroxylation is 2. The van der Waals surface area contributed by atoms with Crippen LogP contribution in [-0.2, 0) is 24.1 Å². The number of nitrogens with one attached hydrogen (secondary N) is 2. The first kappa shape index (κ1) is 22.1. The second-order valence-corrected chi connectivity index (χ2v) is 9.26. The third-order valence-corrected chi connectivity index (χ3v) is 6.72. The summed E-state index contributed by atoms with van der Waals surface area (Å²) in [5, 5.41) is 11.2. The van der Waals surface area contributed by atoms with Crippen LogP contribution in [0.5, 0.6) is 0 Å². The number of hydrogen-bond acceptors (Lipinski definition) is 5. The summed E-state index contributed by atoms with van der Waals surface area (Å²) in [5.74, 6) is -1.13. The highest BCUT2D eigenvalue weighted by molar-refractivity contribution is 7.92. The molecular weight excluding hydrogens is 482 g/mol. The largest absolute Gasteiger partial charge is 0.321 e. The molecule has 0 aliphatic heterocycles. The number of anilines is 2. The number of nitrogens with zero attached hydrogens (tertiary/aromatic N) is 4. The Balaban J connectivity index is 1.66. The maximum atomic E-state index is 13.4. The van der Waals surface area contributed by atoms with Crippen LogP contribution in [0.15, 0.2) is 47.5 Å². The number of benzene rings is 2. The first-order valence-corrected chi connectivity index (χ1v) is 11.2. The molecule has 4 rings (SSSR count). The van der Waals surface area contributed by atoms with E-state index in [1.807, 2.05) is 0 Å². The smallest absolute Gasteiger partial charge is 0.274 e. The van der Waals surface area contributed by atoms with E-state index >= 15 is 0 Å². The fraction of sp³-hybridized carbons (Fsp3) is 0.105. The average Bonchev–Trinajstić information content (AvgIpc) is 3.22. The minimum Gasteiger partial charge on any atom is -0.321 e.